The number of hydrogen-bond donors (Lipinski definition) is 3. The summed E-state index contributed by atoms with van der Waals surface area (Å²) in [6, 6.07) is 0.104. The summed E-state index contributed by atoms with van der Waals surface area (Å²) in [6.45, 7) is -0.152. The summed E-state index contributed by atoms with van der Waals surface area (Å²) in [7, 11) is 0. The minimum Gasteiger partial charge on any atom is -0.393 e. The van der Waals surface area contributed by atoms with Gasteiger partial charge in [-0.1, -0.05) is 0 Å². The molecule has 0 heterocycles. The molecule has 8 heavy (non-hydrogen) atoms. The maximum atomic E-state index is 9.06. The second-order valence-electron chi connectivity index (χ2n) is 2.55. The molecule has 3 nitrogen and oxygen atoms in total. The van der Waals surface area contributed by atoms with E-state index in [9.17, 15) is 0 Å². The molecule has 0 unspecified atom stereocenters. The van der Waals surface area contributed by atoms with Crippen molar-refractivity contribution < 1.29 is 10.2 Å². The zero-order chi connectivity index (χ0) is 6.20. The first-order valence-corrected chi connectivity index (χ1v) is 2.75. The molecule has 0 amide bonds. The van der Waals surface area contributed by atoms with Gasteiger partial charge in [-0.25, -0.2) is 0 Å². The van der Waals surface area contributed by atoms with E-state index in [0.717, 1.165) is 0 Å². The van der Waals surface area contributed by atoms with Crippen LogP contribution in [-0.4, -0.2) is 28.5 Å². The lowest BCUT2D eigenvalue weighted by atomic mass is 9.77. The van der Waals surface area contributed by atoms with Gasteiger partial charge in [0.15, 0.2) is 0 Å². The van der Waals surface area contributed by atoms with E-state index < -0.39 is 5.60 Å². The summed E-state index contributed by atoms with van der Waals surface area (Å²) in [5.41, 5.74) is 4.52. The van der Waals surface area contributed by atoms with Crippen LogP contribution in [0.2, 0.25) is 0 Å². The first kappa shape index (κ1) is 6.01. The molecule has 3 heteroatoms. The highest BCUT2D eigenvalue weighted by molar-refractivity contribution is 4.95. The molecule has 48 valence electrons. The van der Waals surface area contributed by atoms with E-state index in [0.29, 0.717) is 12.8 Å². The monoisotopic (exact) mass is 117 g/mol. The molecular formula is C5H11NO2. The van der Waals surface area contributed by atoms with Crippen LogP contribution >= 0.6 is 0 Å². The standard InChI is InChI=1S/C5H11NO2/c6-4-1-5(8,2-4)3-7/h4,7-8H,1-3,6H2. The minimum absolute atomic E-state index is 0.104. The lowest BCUT2D eigenvalue weighted by Crippen LogP contribution is -2.53. The summed E-state index contributed by atoms with van der Waals surface area (Å²) in [6.07, 6.45) is 1.09. The Morgan fingerprint density at radius 1 is 1.62 bits per heavy atom. The molecule has 0 spiro atoms. The second-order valence-corrected chi connectivity index (χ2v) is 2.55. The van der Waals surface area contributed by atoms with Gasteiger partial charge < -0.3 is 15.9 Å². The van der Waals surface area contributed by atoms with Gasteiger partial charge in [0.2, 0.25) is 0 Å². The highest BCUT2D eigenvalue weighted by atomic mass is 16.3. The molecule has 1 fully saturated rings. The molecule has 1 aliphatic carbocycles. The highest BCUT2D eigenvalue weighted by Crippen LogP contribution is 2.29. The smallest absolute Gasteiger partial charge is 0.0906 e. The summed E-state index contributed by atoms with van der Waals surface area (Å²) in [4.78, 5) is 0. The zero-order valence-corrected chi connectivity index (χ0v) is 4.67. The Bertz CT molecular complexity index is 88.4. The third kappa shape index (κ3) is 0.844. The van der Waals surface area contributed by atoms with E-state index in [4.69, 9.17) is 15.9 Å². The van der Waals surface area contributed by atoms with Crippen LogP contribution < -0.4 is 5.73 Å². The van der Waals surface area contributed by atoms with Crippen molar-refractivity contribution in [2.24, 2.45) is 5.73 Å². The van der Waals surface area contributed by atoms with E-state index in [-0.39, 0.29) is 12.6 Å². The van der Waals surface area contributed by atoms with Crippen LogP contribution in [0.4, 0.5) is 0 Å². The van der Waals surface area contributed by atoms with Gasteiger partial charge in [0.05, 0.1) is 12.2 Å². The molecule has 0 atom stereocenters. The van der Waals surface area contributed by atoms with Crippen molar-refractivity contribution in [1.29, 1.82) is 0 Å². The Kier molecular flexibility index (Phi) is 1.27. The Morgan fingerprint density at radius 2 is 2.12 bits per heavy atom. The Labute approximate surface area is 48.1 Å². The molecule has 0 aliphatic heterocycles. The van der Waals surface area contributed by atoms with Gasteiger partial charge in [-0.2, -0.15) is 0 Å². The number of aliphatic hydroxyl groups excluding tert-OH is 1. The van der Waals surface area contributed by atoms with Gasteiger partial charge in [-0.3, -0.25) is 0 Å². The van der Waals surface area contributed by atoms with Gasteiger partial charge in [0, 0.05) is 6.04 Å². The van der Waals surface area contributed by atoms with Crippen LogP contribution in [0.3, 0.4) is 0 Å². The third-order valence-electron chi connectivity index (χ3n) is 1.58. The quantitative estimate of drug-likeness (QED) is 0.405. The van der Waals surface area contributed by atoms with E-state index in [2.05, 4.69) is 0 Å². The average Bonchev–Trinajstić information content (AvgIpc) is 1.63. The third-order valence-corrected chi connectivity index (χ3v) is 1.58. The van der Waals surface area contributed by atoms with E-state index >= 15 is 0 Å². The average molecular weight is 117 g/mol. The van der Waals surface area contributed by atoms with Crippen molar-refractivity contribution in [3.63, 3.8) is 0 Å². The van der Waals surface area contributed by atoms with Crippen LogP contribution in [0.1, 0.15) is 12.8 Å². The molecule has 1 saturated carbocycles. The number of rotatable bonds is 1. The van der Waals surface area contributed by atoms with Crippen molar-refractivity contribution in [3.8, 4) is 0 Å². The summed E-state index contributed by atoms with van der Waals surface area (Å²) >= 11 is 0. The molecule has 0 bridgehead atoms. The van der Waals surface area contributed by atoms with Crippen LogP contribution in [0.15, 0.2) is 0 Å². The van der Waals surface area contributed by atoms with Gasteiger partial charge in [0.25, 0.3) is 0 Å². The molecule has 0 aromatic heterocycles. The molecule has 0 aromatic rings. The Hall–Kier alpha value is -0.120. The normalized spacial score (nSPS) is 46.1. The Balaban J connectivity index is 2.30. The fraction of sp³-hybridized carbons (Fsp3) is 1.00. The van der Waals surface area contributed by atoms with Gasteiger partial charge >= 0.3 is 0 Å². The fourth-order valence-corrected chi connectivity index (χ4v) is 1.05. The van der Waals surface area contributed by atoms with E-state index in [1.165, 1.54) is 0 Å². The van der Waals surface area contributed by atoms with Crippen LogP contribution in [0.5, 0.6) is 0 Å². The molecule has 1 aliphatic rings. The van der Waals surface area contributed by atoms with Gasteiger partial charge in [-0.05, 0) is 12.8 Å². The zero-order valence-electron chi connectivity index (χ0n) is 4.67. The number of aliphatic hydroxyl groups is 2. The van der Waals surface area contributed by atoms with Crippen molar-refractivity contribution in [1.82, 2.24) is 0 Å². The topological polar surface area (TPSA) is 66.5 Å². The van der Waals surface area contributed by atoms with Crippen molar-refractivity contribution in [2.45, 2.75) is 24.5 Å². The summed E-state index contributed by atoms with van der Waals surface area (Å²) < 4.78 is 0. The largest absolute Gasteiger partial charge is 0.393 e. The predicted molar refractivity (Wildman–Crippen MR) is 29.2 cm³/mol. The van der Waals surface area contributed by atoms with E-state index in [1.54, 1.807) is 0 Å². The number of nitrogens with two attached hydrogens (primary N) is 1. The lowest BCUT2D eigenvalue weighted by molar-refractivity contribution is -0.0843. The summed E-state index contributed by atoms with van der Waals surface area (Å²) in [5.74, 6) is 0. The lowest BCUT2D eigenvalue weighted by Gasteiger charge is -2.39. The van der Waals surface area contributed by atoms with Crippen LogP contribution in [0.25, 0.3) is 0 Å². The fourth-order valence-electron chi connectivity index (χ4n) is 1.05. The molecule has 4 N–H and O–H groups in total. The maximum Gasteiger partial charge on any atom is 0.0906 e. The molecule has 0 radical (unpaired) electrons. The van der Waals surface area contributed by atoms with Crippen molar-refractivity contribution in [2.75, 3.05) is 6.61 Å². The molecule has 0 saturated heterocycles. The van der Waals surface area contributed by atoms with Crippen LogP contribution in [0, 0.1) is 0 Å². The predicted octanol–water partition coefficient (Wildman–Crippen LogP) is -1.17. The molecule has 1 rings (SSSR count). The molecular weight excluding hydrogens is 106 g/mol. The highest BCUT2D eigenvalue weighted by Gasteiger charge is 2.39. The minimum atomic E-state index is -0.834. The van der Waals surface area contributed by atoms with Crippen molar-refractivity contribution in [3.05, 3.63) is 0 Å². The van der Waals surface area contributed by atoms with Gasteiger partial charge in [-0.15, -0.1) is 0 Å². The van der Waals surface area contributed by atoms with Gasteiger partial charge in [0.1, 0.15) is 0 Å². The SMILES string of the molecule is NC1CC(O)(CO)C1. The van der Waals surface area contributed by atoms with E-state index in [1.807, 2.05) is 0 Å². The van der Waals surface area contributed by atoms with Crippen molar-refractivity contribution >= 4 is 0 Å². The first-order chi connectivity index (χ1) is 3.66. The maximum absolute atomic E-state index is 9.06. The van der Waals surface area contributed by atoms with Crippen LogP contribution in [-0.2, 0) is 0 Å². The number of hydrogen-bond acceptors (Lipinski definition) is 3. The summed E-state index contributed by atoms with van der Waals surface area (Å²) in [5, 5.41) is 17.5. The Morgan fingerprint density at radius 3 is 2.25 bits per heavy atom. The second kappa shape index (κ2) is 1.69. The first-order valence-electron chi connectivity index (χ1n) is 2.75. The molecule has 0 aromatic carbocycles.